The summed E-state index contributed by atoms with van der Waals surface area (Å²) in [6.07, 6.45) is 5.19. The SMILES string of the molecule is Cc1cc(CNCC2CCCCC2N)sc1C. The van der Waals surface area contributed by atoms with E-state index in [-0.39, 0.29) is 0 Å². The van der Waals surface area contributed by atoms with Crippen LogP contribution in [0, 0.1) is 19.8 Å². The second kappa shape index (κ2) is 5.98. The predicted molar refractivity (Wildman–Crippen MR) is 75.4 cm³/mol. The molecule has 1 aromatic rings. The Bertz CT molecular complexity index is 340. The zero-order chi connectivity index (χ0) is 12.3. The lowest BCUT2D eigenvalue weighted by Crippen LogP contribution is -2.39. The largest absolute Gasteiger partial charge is 0.327 e. The van der Waals surface area contributed by atoms with Gasteiger partial charge in [-0.3, -0.25) is 0 Å². The molecule has 0 aromatic carbocycles. The van der Waals surface area contributed by atoms with Gasteiger partial charge in [0.1, 0.15) is 0 Å². The Labute approximate surface area is 109 Å². The van der Waals surface area contributed by atoms with Crippen LogP contribution in [0.4, 0.5) is 0 Å². The van der Waals surface area contributed by atoms with Crippen molar-refractivity contribution in [2.24, 2.45) is 11.7 Å². The molecule has 2 unspecified atom stereocenters. The molecule has 2 rings (SSSR count). The van der Waals surface area contributed by atoms with Gasteiger partial charge < -0.3 is 11.1 Å². The normalized spacial score (nSPS) is 25.1. The lowest BCUT2D eigenvalue weighted by atomic mass is 9.85. The monoisotopic (exact) mass is 252 g/mol. The molecule has 1 aromatic heterocycles. The maximum Gasteiger partial charge on any atom is 0.0300 e. The highest BCUT2D eigenvalue weighted by Crippen LogP contribution is 2.23. The van der Waals surface area contributed by atoms with Crippen LogP contribution in [0.25, 0.3) is 0 Å². The van der Waals surface area contributed by atoms with Gasteiger partial charge in [-0.25, -0.2) is 0 Å². The molecule has 17 heavy (non-hydrogen) atoms. The molecule has 0 spiro atoms. The van der Waals surface area contributed by atoms with Crippen molar-refractivity contribution in [3.63, 3.8) is 0 Å². The van der Waals surface area contributed by atoms with Crippen molar-refractivity contribution >= 4 is 11.3 Å². The highest BCUT2D eigenvalue weighted by atomic mass is 32.1. The molecule has 0 saturated heterocycles. The van der Waals surface area contributed by atoms with Crippen LogP contribution in [0.2, 0.25) is 0 Å². The van der Waals surface area contributed by atoms with E-state index in [1.807, 2.05) is 11.3 Å². The van der Waals surface area contributed by atoms with Gasteiger partial charge in [0, 0.05) is 22.3 Å². The second-order valence-corrected chi connectivity index (χ2v) is 6.63. The molecule has 1 aliphatic carbocycles. The zero-order valence-corrected chi connectivity index (χ0v) is 11.8. The fourth-order valence-electron chi connectivity index (χ4n) is 2.61. The zero-order valence-electron chi connectivity index (χ0n) is 11.0. The van der Waals surface area contributed by atoms with Crippen LogP contribution in [0.1, 0.15) is 41.0 Å². The van der Waals surface area contributed by atoms with Crippen LogP contribution in [-0.2, 0) is 6.54 Å². The Hall–Kier alpha value is -0.380. The third-order valence-electron chi connectivity index (χ3n) is 3.89. The molecule has 1 heterocycles. The first-order valence-electron chi connectivity index (χ1n) is 6.69. The first kappa shape index (κ1) is 13.1. The Balaban J connectivity index is 1.75. The van der Waals surface area contributed by atoms with Crippen molar-refractivity contribution in [2.75, 3.05) is 6.54 Å². The molecule has 1 aliphatic rings. The van der Waals surface area contributed by atoms with E-state index in [0.29, 0.717) is 12.0 Å². The molecule has 0 radical (unpaired) electrons. The molecule has 1 saturated carbocycles. The minimum absolute atomic E-state index is 0.419. The fraction of sp³-hybridized carbons (Fsp3) is 0.714. The summed E-state index contributed by atoms with van der Waals surface area (Å²) in [5.41, 5.74) is 7.57. The quantitative estimate of drug-likeness (QED) is 0.864. The van der Waals surface area contributed by atoms with Crippen molar-refractivity contribution in [3.05, 3.63) is 21.4 Å². The Morgan fingerprint density at radius 2 is 2.12 bits per heavy atom. The average molecular weight is 252 g/mol. The molecule has 0 amide bonds. The summed E-state index contributed by atoms with van der Waals surface area (Å²) >= 11 is 1.91. The fourth-order valence-corrected chi connectivity index (χ4v) is 3.63. The first-order chi connectivity index (χ1) is 8.16. The molecule has 2 atom stereocenters. The van der Waals surface area contributed by atoms with Crippen LogP contribution < -0.4 is 11.1 Å². The number of hydrogen-bond acceptors (Lipinski definition) is 3. The smallest absolute Gasteiger partial charge is 0.0300 e. The Morgan fingerprint density at radius 1 is 1.35 bits per heavy atom. The highest BCUT2D eigenvalue weighted by molar-refractivity contribution is 7.12. The van der Waals surface area contributed by atoms with Gasteiger partial charge in [0.15, 0.2) is 0 Å². The molecular formula is C14H24N2S. The van der Waals surface area contributed by atoms with Crippen LogP contribution in [0.3, 0.4) is 0 Å². The van der Waals surface area contributed by atoms with E-state index in [1.165, 1.54) is 41.0 Å². The van der Waals surface area contributed by atoms with Gasteiger partial charge in [-0.2, -0.15) is 0 Å². The predicted octanol–water partition coefficient (Wildman–Crippen LogP) is 2.97. The third kappa shape index (κ3) is 3.54. The molecule has 0 aliphatic heterocycles. The summed E-state index contributed by atoms with van der Waals surface area (Å²) in [6, 6.07) is 2.72. The minimum Gasteiger partial charge on any atom is -0.327 e. The highest BCUT2D eigenvalue weighted by Gasteiger charge is 2.20. The molecule has 1 fully saturated rings. The molecule has 3 N–H and O–H groups in total. The summed E-state index contributed by atoms with van der Waals surface area (Å²) in [5.74, 6) is 0.686. The lowest BCUT2D eigenvalue weighted by Gasteiger charge is -2.28. The maximum atomic E-state index is 6.15. The van der Waals surface area contributed by atoms with Crippen molar-refractivity contribution in [1.82, 2.24) is 5.32 Å². The number of rotatable bonds is 4. The summed E-state index contributed by atoms with van der Waals surface area (Å²) in [4.78, 5) is 2.89. The standard InChI is InChI=1S/C14H24N2S/c1-10-7-13(17-11(10)2)9-16-8-12-5-3-4-6-14(12)15/h7,12,14,16H,3-6,8-9,15H2,1-2H3. The van der Waals surface area contributed by atoms with Gasteiger partial charge in [-0.05, 0) is 50.8 Å². The molecule has 2 nitrogen and oxygen atoms in total. The summed E-state index contributed by atoms with van der Waals surface area (Å²) in [5, 5.41) is 3.57. The average Bonchev–Trinajstić information content (AvgIpc) is 2.61. The number of hydrogen-bond donors (Lipinski definition) is 2. The van der Waals surface area contributed by atoms with E-state index < -0.39 is 0 Å². The topological polar surface area (TPSA) is 38.0 Å². The van der Waals surface area contributed by atoms with Gasteiger partial charge in [0.25, 0.3) is 0 Å². The van der Waals surface area contributed by atoms with Gasteiger partial charge in [-0.15, -0.1) is 11.3 Å². The van der Waals surface area contributed by atoms with Crippen LogP contribution in [0.5, 0.6) is 0 Å². The van der Waals surface area contributed by atoms with E-state index >= 15 is 0 Å². The van der Waals surface area contributed by atoms with Gasteiger partial charge in [0.05, 0.1) is 0 Å². The van der Waals surface area contributed by atoms with E-state index in [9.17, 15) is 0 Å². The van der Waals surface area contributed by atoms with Gasteiger partial charge in [-0.1, -0.05) is 12.8 Å². The summed E-state index contributed by atoms with van der Waals surface area (Å²) in [7, 11) is 0. The molecular weight excluding hydrogens is 228 g/mol. The van der Waals surface area contributed by atoms with Crippen molar-refractivity contribution < 1.29 is 0 Å². The van der Waals surface area contributed by atoms with Crippen LogP contribution in [0.15, 0.2) is 6.07 Å². The van der Waals surface area contributed by atoms with E-state index in [4.69, 9.17) is 5.73 Å². The van der Waals surface area contributed by atoms with Crippen LogP contribution in [-0.4, -0.2) is 12.6 Å². The summed E-state index contributed by atoms with van der Waals surface area (Å²) in [6.45, 7) is 6.46. The van der Waals surface area contributed by atoms with Crippen LogP contribution >= 0.6 is 11.3 Å². The van der Waals surface area contributed by atoms with Crippen molar-refractivity contribution in [2.45, 2.75) is 52.1 Å². The second-order valence-electron chi connectivity index (χ2n) is 5.29. The number of nitrogens with two attached hydrogens (primary N) is 1. The van der Waals surface area contributed by atoms with Crippen molar-refractivity contribution in [1.29, 1.82) is 0 Å². The summed E-state index contributed by atoms with van der Waals surface area (Å²) < 4.78 is 0. The molecule has 3 heteroatoms. The van der Waals surface area contributed by atoms with Gasteiger partial charge in [0.2, 0.25) is 0 Å². The molecule has 0 bridgehead atoms. The number of thiophene rings is 1. The number of aryl methyl sites for hydroxylation is 2. The van der Waals surface area contributed by atoms with E-state index in [2.05, 4.69) is 25.2 Å². The third-order valence-corrected chi connectivity index (χ3v) is 5.04. The Morgan fingerprint density at radius 3 is 2.76 bits per heavy atom. The van der Waals surface area contributed by atoms with Crippen molar-refractivity contribution in [3.8, 4) is 0 Å². The lowest BCUT2D eigenvalue weighted by molar-refractivity contribution is 0.296. The number of nitrogens with one attached hydrogen (secondary N) is 1. The van der Waals surface area contributed by atoms with E-state index in [1.54, 1.807) is 0 Å². The maximum absolute atomic E-state index is 6.15. The first-order valence-corrected chi connectivity index (χ1v) is 7.50. The van der Waals surface area contributed by atoms with E-state index in [0.717, 1.165) is 13.1 Å². The Kier molecular flexibility index (Phi) is 4.60. The van der Waals surface area contributed by atoms with Gasteiger partial charge >= 0.3 is 0 Å². The molecule has 96 valence electrons. The minimum atomic E-state index is 0.419.